The number of carbonyl (C=O) groups is 4. The smallest absolute Gasteiger partial charge is 0.258 e. The van der Waals surface area contributed by atoms with Crippen LogP contribution in [0.4, 0.5) is 0 Å². The van der Waals surface area contributed by atoms with Crippen LogP contribution in [-0.4, -0.2) is 23.6 Å². The van der Waals surface area contributed by atoms with E-state index >= 15 is 0 Å². The van der Waals surface area contributed by atoms with E-state index < -0.39 is 0 Å². The van der Waals surface area contributed by atoms with Gasteiger partial charge in [-0.05, 0) is 154 Å². The Balaban J connectivity index is 1.04. The van der Waals surface area contributed by atoms with Gasteiger partial charge in [-0.3, -0.25) is 29.8 Å². The van der Waals surface area contributed by atoms with Gasteiger partial charge in [0.15, 0.2) is 0 Å². The Bertz CT molecular complexity index is 3990. The van der Waals surface area contributed by atoms with Crippen LogP contribution in [0.5, 0.6) is 0 Å². The van der Waals surface area contributed by atoms with Crippen molar-refractivity contribution in [1.82, 2.24) is 10.6 Å². The maximum Gasteiger partial charge on any atom is 0.258 e. The third-order valence-electron chi connectivity index (χ3n) is 14.6. The number of imide groups is 2. The van der Waals surface area contributed by atoms with Crippen molar-refractivity contribution in [2.75, 3.05) is 0 Å². The predicted molar refractivity (Wildman–Crippen MR) is 242 cm³/mol. The zero-order valence-corrected chi connectivity index (χ0v) is 31.2. The Morgan fingerprint density at radius 1 is 0.183 bits per heavy atom. The minimum Gasteiger partial charge on any atom is -0.288 e. The van der Waals surface area contributed by atoms with Gasteiger partial charge in [0.05, 0.1) is 0 Å². The Hall–Kier alpha value is -8.22. The van der Waals surface area contributed by atoms with Crippen molar-refractivity contribution in [2.24, 2.45) is 0 Å². The number of fused-ring (bicyclic) bond motifs is 8. The van der Waals surface area contributed by atoms with Crippen LogP contribution in [0, 0.1) is 0 Å². The quantitative estimate of drug-likeness (QED) is 0.0914. The Morgan fingerprint density at radius 2 is 0.317 bits per heavy atom. The molecule has 16 rings (SSSR count). The number of benzene rings is 14. The summed E-state index contributed by atoms with van der Waals surface area (Å²) < 4.78 is 0. The fraction of sp³-hybridized carbons (Fsp3) is 0. The summed E-state index contributed by atoms with van der Waals surface area (Å²) in [6.07, 6.45) is 0. The second-order valence-electron chi connectivity index (χ2n) is 16.9. The van der Waals surface area contributed by atoms with Crippen molar-refractivity contribution in [2.45, 2.75) is 0 Å². The lowest BCUT2D eigenvalue weighted by molar-refractivity contribution is 0.0828. The number of nitrogens with one attached hydrogen (secondary N) is 2. The molecule has 0 aliphatic carbocycles. The summed E-state index contributed by atoms with van der Waals surface area (Å²) in [5, 5.41) is 34.0. The van der Waals surface area contributed by atoms with Gasteiger partial charge in [-0.25, -0.2) is 0 Å². The molecule has 6 nitrogen and oxygen atoms in total. The highest BCUT2D eigenvalue weighted by atomic mass is 16.2. The van der Waals surface area contributed by atoms with Crippen LogP contribution in [0.1, 0.15) is 41.4 Å². The standard InChI is InChI=1S/C54H22N2O4/c57-51-37-17-13-33-29-9-5-25-21-1-2-22-26-6-10-31-35-15-19-39-50-40(54(60)56-53(39)59)20-16-36(48(35)50)32-12-8-28(44(26)46(31)32)24-4-3-23(41(21)42(22)24)27-7-11-30(45(29)43(25)27)34-14-18-38(52(58)55-51)49(37)47(33)34/h1-20H,(H,55,57,58)(H,56,59,60). The molecule has 2 heterocycles. The number of hydrogen-bond donors (Lipinski definition) is 2. The first-order valence-electron chi connectivity index (χ1n) is 20.2. The first-order valence-corrected chi connectivity index (χ1v) is 20.2. The summed E-state index contributed by atoms with van der Waals surface area (Å²) in [4.78, 5) is 52.0. The van der Waals surface area contributed by atoms with E-state index in [0.717, 1.165) is 64.6 Å². The molecule has 60 heavy (non-hydrogen) atoms. The largest absolute Gasteiger partial charge is 0.288 e. The van der Waals surface area contributed by atoms with Crippen molar-refractivity contribution >= 4 is 164 Å². The molecule has 14 aromatic carbocycles. The van der Waals surface area contributed by atoms with Gasteiger partial charge in [0, 0.05) is 33.0 Å². The lowest BCUT2D eigenvalue weighted by Gasteiger charge is -2.24. The molecule has 272 valence electrons. The highest BCUT2D eigenvalue weighted by Crippen LogP contribution is 2.53. The molecule has 0 fully saturated rings. The molecule has 0 saturated carbocycles. The summed E-state index contributed by atoms with van der Waals surface area (Å²) in [5.74, 6) is -1.42. The maximum absolute atomic E-state index is 13.0. The second-order valence-corrected chi connectivity index (χ2v) is 16.9. The predicted octanol–water partition coefficient (Wildman–Crippen LogP) is 12.2. The molecule has 6 heteroatoms. The van der Waals surface area contributed by atoms with E-state index in [1.165, 1.54) is 75.4 Å². The van der Waals surface area contributed by atoms with Gasteiger partial charge in [-0.1, -0.05) is 97.1 Å². The van der Waals surface area contributed by atoms with Crippen molar-refractivity contribution in [3.8, 4) is 0 Å². The Labute approximate surface area is 335 Å². The number of carbonyl (C=O) groups excluding carboxylic acids is 4. The zero-order chi connectivity index (χ0) is 39.2. The number of rotatable bonds is 0. The summed E-state index contributed by atoms with van der Waals surface area (Å²) in [6, 6.07) is 42.9. The van der Waals surface area contributed by atoms with E-state index in [9.17, 15) is 19.2 Å². The third kappa shape index (κ3) is 3.03. The van der Waals surface area contributed by atoms with Crippen LogP contribution >= 0.6 is 0 Å². The monoisotopic (exact) mass is 762 g/mol. The van der Waals surface area contributed by atoms with Gasteiger partial charge in [-0.2, -0.15) is 0 Å². The van der Waals surface area contributed by atoms with Crippen molar-refractivity contribution < 1.29 is 19.2 Å². The van der Waals surface area contributed by atoms with Gasteiger partial charge in [-0.15, -0.1) is 0 Å². The van der Waals surface area contributed by atoms with Crippen LogP contribution < -0.4 is 10.6 Å². The molecule has 0 bridgehead atoms. The second kappa shape index (κ2) is 9.39. The first kappa shape index (κ1) is 29.9. The van der Waals surface area contributed by atoms with Gasteiger partial charge >= 0.3 is 0 Å². The Morgan fingerprint density at radius 3 is 0.483 bits per heavy atom. The number of hydrogen-bond acceptors (Lipinski definition) is 4. The van der Waals surface area contributed by atoms with Crippen molar-refractivity contribution in [3.63, 3.8) is 0 Å². The molecule has 4 amide bonds. The molecule has 2 N–H and O–H groups in total. The fourth-order valence-electron chi connectivity index (χ4n) is 12.3. The Kier molecular flexibility index (Phi) is 4.68. The molecule has 0 spiro atoms. The van der Waals surface area contributed by atoms with E-state index in [1.54, 1.807) is 0 Å². The summed E-state index contributed by atoms with van der Waals surface area (Å²) in [7, 11) is 0. The minimum atomic E-state index is -0.354. The molecular formula is C54H22N2O4. The molecule has 14 aromatic rings. The normalized spacial score (nSPS) is 14.7. The molecule has 0 unspecified atom stereocenters. The summed E-state index contributed by atoms with van der Waals surface area (Å²) in [5.41, 5.74) is 2.14. The first-order chi connectivity index (χ1) is 29.4. The average Bonchev–Trinajstić information content (AvgIpc) is 3.27. The van der Waals surface area contributed by atoms with Crippen LogP contribution in [0.3, 0.4) is 0 Å². The van der Waals surface area contributed by atoms with E-state index in [1.807, 2.05) is 48.5 Å². The fourth-order valence-corrected chi connectivity index (χ4v) is 12.3. The zero-order valence-electron chi connectivity index (χ0n) is 31.2. The van der Waals surface area contributed by atoms with Gasteiger partial charge in [0.1, 0.15) is 0 Å². The third-order valence-corrected chi connectivity index (χ3v) is 14.6. The van der Waals surface area contributed by atoms with E-state index in [0.29, 0.717) is 22.3 Å². The van der Waals surface area contributed by atoms with E-state index in [-0.39, 0.29) is 23.6 Å². The van der Waals surface area contributed by atoms with Gasteiger partial charge in [0.2, 0.25) is 0 Å². The van der Waals surface area contributed by atoms with E-state index in [2.05, 4.69) is 83.4 Å². The molecule has 0 aromatic heterocycles. The molecular weight excluding hydrogens is 741 g/mol. The topological polar surface area (TPSA) is 92.3 Å². The highest BCUT2D eigenvalue weighted by molar-refractivity contribution is 6.49. The maximum atomic E-state index is 13.0. The van der Waals surface area contributed by atoms with Crippen molar-refractivity contribution in [3.05, 3.63) is 144 Å². The molecule has 0 radical (unpaired) electrons. The van der Waals surface area contributed by atoms with Crippen molar-refractivity contribution in [1.29, 1.82) is 0 Å². The number of amides is 4. The van der Waals surface area contributed by atoms with Crippen LogP contribution in [-0.2, 0) is 0 Å². The van der Waals surface area contributed by atoms with Gasteiger partial charge in [0.25, 0.3) is 23.6 Å². The average molecular weight is 763 g/mol. The molecule has 2 aliphatic rings. The summed E-state index contributed by atoms with van der Waals surface area (Å²) in [6.45, 7) is 0. The molecule has 2 aliphatic heterocycles. The molecule has 0 saturated heterocycles. The van der Waals surface area contributed by atoms with Crippen LogP contribution in [0.15, 0.2) is 121 Å². The van der Waals surface area contributed by atoms with E-state index in [4.69, 9.17) is 0 Å². The van der Waals surface area contributed by atoms with Crippen LogP contribution in [0.2, 0.25) is 0 Å². The highest BCUT2D eigenvalue weighted by Gasteiger charge is 2.31. The lowest BCUT2D eigenvalue weighted by atomic mass is 9.80. The van der Waals surface area contributed by atoms with Gasteiger partial charge < -0.3 is 0 Å². The van der Waals surface area contributed by atoms with Crippen LogP contribution in [0.25, 0.3) is 140 Å². The SMILES string of the molecule is O=C1NC(=O)c2ccc3c4ccc5c6ccc7c8ccc9c%10ccc%11c%12c(ccc(c%13ccc(c%14ccc(c%15ccc(c%16ccc1c2c%163)c4c%155)c6c%147)c8c%139)c%12%10)C(=O)NC%11=O. The molecule has 0 atom stereocenters. The minimum absolute atomic E-state index is 0.354. The lowest BCUT2D eigenvalue weighted by Crippen LogP contribution is -2.34. The summed E-state index contributed by atoms with van der Waals surface area (Å²) >= 11 is 0.